The Morgan fingerprint density at radius 2 is 1.58 bits per heavy atom. The lowest BCUT2D eigenvalue weighted by molar-refractivity contribution is 0.383. The van der Waals surface area contributed by atoms with Gasteiger partial charge < -0.3 is 4.74 Å². The molecule has 1 heterocycles. The van der Waals surface area contributed by atoms with E-state index in [1.807, 2.05) is 0 Å². The minimum absolute atomic E-state index is 0.327. The zero-order chi connectivity index (χ0) is 14.0. The third kappa shape index (κ3) is 2.65. The molecule has 0 radical (unpaired) electrons. The van der Waals surface area contributed by atoms with E-state index in [9.17, 15) is 17.6 Å². The average Bonchev–Trinajstić information content (AvgIpc) is 2.42. The van der Waals surface area contributed by atoms with Crippen LogP contribution in [-0.4, -0.2) is 12.1 Å². The molecule has 0 bridgehead atoms. The van der Waals surface area contributed by atoms with Gasteiger partial charge in [-0.25, -0.2) is 8.78 Å². The van der Waals surface area contributed by atoms with Crippen LogP contribution < -0.4 is 4.74 Å². The molecular weight excluding hydrogens is 282 g/mol. The fraction of sp³-hybridized carbons (Fsp3) is 0.0833. The highest BCUT2D eigenvalue weighted by Crippen LogP contribution is 2.38. The first-order chi connectivity index (χ1) is 9.04. The van der Waals surface area contributed by atoms with E-state index < -0.39 is 28.4 Å². The highest BCUT2D eigenvalue weighted by molar-refractivity contribution is 7.99. The zero-order valence-electron chi connectivity index (χ0n) is 9.58. The number of halogens is 4. The highest BCUT2D eigenvalue weighted by atomic mass is 32.2. The second kappa shape index (κ2) is 5.48. The van der Waals surface area contributed by atoms with Crippen molar-refractivity contribution in [2.45, 2.75) is 9.79 Å². The van der Waals surface area contributed by atoms with E-state index in [2.05, 4.69) is 4.98 Å². The van der Waals surface area contributed by atoms with Crippen LogP contribution in [0.4, 0.5) is 17.6 Å². The van der Waals surface area contributed by atoms with Crippen LogP contribution in [0.25, 0.3) is 0 Å². The van der Waals surface area contributed by atoms with E-state index in [1.54, 1.807) is 18.2 Å². The van der Waals surface area contributed by atoms with E-state index in [4.69, 9.17) is 4.74 Å². The fourth-order valence-corrected chi connectivity index (χ4v) is 2.34. The quantitative estimate of drug-likeness (QED) is 0.634. The molecule has 1 aromatic heterocycles. The van der Waals surface area contributed by atoms with Gasteiger partial charge in [-0.1, -0.05) is 23.9 Å². The van der Waals surface area contributed by atoms with E-state index in [0.717, 1.165) is 0 Å². The van der Waals surface area contributed by atoms with Crippen molar-refractivity contribution >= 4 is 11.8 Å². The minimum atomic E-state index is -1.68. The number of hydrogen-bond donors (Lipinski definition) is 0. The van der Waals surface area contributed by atoms with Gasteiger partial charge in [-0.3, -0.25) is 0 Å². The summed E-state index contributed by atoms with van der Waals surface area (Å²) < 4.78 is 57.8. The summed E-state index contributed by atoms with van der Waals surface area (Å²) in [6.45, 7) is 0. The van der Waals surface area contributed by atoms with Gasteiger partial charge in [-0.15, -0.1) is 0 Å². The van der Waals surface area contributed by atoms with Crippen molar-refractivity contribution in [1.82, 2.24) is 4.98 Å². The summed E-state index contributed by atoms with van der Waals surface area (Å²) in [6.07, 6.45) is 0. The smallest absolute Gasteiger partial charge is 0.252 e. The standard InChI is InChI=1S/C12H7F4NOS/c1-18-6-4-2-3-5-7(6)19-10-8(13)11(15)17-12(16)9(10)14/h2-5H,1H3. The lowest BCUT2D eigenvalue weighted by Crippen LogP contribution is -2.02. The summed E-state index contributed by atoms with van der Waals surface area (Å²) in [7, 11) is 1.37. The average molecular weight is 289 g/mol. The molecule has 2 aromatic rings. The lowest BCUT2D eigenvalue weighted by Gasteiger charge is -2.09. The molecule has 2 nitrogen and oxygen atoms in total. The molecule has 0 saturated carbocycles. The minimum Gasteiger partial charge on any atom is -0.496 e. The summed E-state index contributed by atoms with van der Waals surface area (Å²) in [6, 6.07) is 6.34. The van der Waals surface area contributed by atoms with Gasteiger partial charge in [0.05, 0.1) is 16.9 Å². The van der Waals surface area contributed by atoms with Crippen LogP contribution in [0.1, 0.15) is 0 Å². The van der Waals surface area contributed by atoms with Gasteiger partial charge in [0.2, 0.25) is 0 Å². The normalized spacial score (nSPS) is 10.6. The van der Waals surface area contributed by atoms with Crippen LogP contribution >= 0.6 is 11.8 Å². The van der Waals surface area contributed by atoms with Crippen LogP contribution in [0.15, 0.2) is 34.1 Å². The third-order valence-corrected chi connectivity index (χ3v) is 3.36. The molecule has 2 rings (SSSR count). The van der Waals surface area contributed by atoms with E-state index in [0.29, 0.717) is 22.4 Å². The van der Waals surface area contributed by atoms with E-state index in [1.165, 1.54) is 13.2 Å². The van der Waals surface area contributed by atoms with Gasteiger partial charge in [0.1, 0.15) is 5.75 Å². The fourth-order valence-electron chi connectivity index (χ4n) is 1.37. The Balaban J connectivity index is 2.49. The predicted octanol–water partition coefficient (Wildman–Crippen LogP) is 3.80. The molecule has 0 fully saturated rings. The molecule has 0 spiro atoms. The Hall–Kier alpha value is -1.76. The van der Waals surface area contributed by atoms with Gasteiger partial charge in [0.25, 0.3) is 11.9 Å². The molecule has 0 unspecified atom stereocenters. The molecule has 0 aliphatic rings. The van der Waals surface area contributed by atoms with Crippen LogP contribution in [-0.2, 0) is 0 Å². The number of hydrogen-bond acceptors (Lipinski definition) is 3. The van der Waals surface area contributed by atoms with Gasteiger partial charge in [0.15, 0.2) is 11.6 Å². The third-order valence-electron chi connectivity index (χ3n) is 2.24. The predicted molar refractivity (Wildman–Crippen MR) is 61.2 cm³/mol. The number of rotatable bonds is 3. The van der Waals surface area contributed by atoms with Crippen molar-refractivity contribution < 1.29 is 22.3 Å². The molecule has 0 N–H and O–H groups in total. The first-order valence-corrected chi connectivity index (χ1v) is 5.87. The molecule has 0 saturated heterocycles. The number of nitrogens with zero attached hydrogens (tertiary/aromatic N) is 1. The van der Waals surface area contributed by atoms with Crippen LogP contribution in [0.5, 0.6) is 5.75 Å². The Bertz CT molecular complexity index is 595. The first kappa shape index (κ1) is 13.7. The van der Waals surface area contributed by atoms with E-state index >= 15 is 0 Å². The molecule has 100 valence electrons. The molecule has 0 amide bonds. The molecule has 19 heavy (non-hydrogen) atoms. The second-order valence-electron chi connectivity index (χ2n) is 3.40. The van der Waals surface area contributed by atoms with Crippen LogP contribution in [0, 0.1) is 23.5 Å². The van der Waals surface area contributed by atoms with Gasteiger partial charge >= 0.3 is 0 Å². The van der Waals surface area contributed by atoms with Crippen LogP contribution in [0.2, 0.25) is 0 Å². The molecule has 0 aliphatic carbocycles. The molecule has 0 aliphatic heterocycles. The molecule has 0 atom stereocenters. The summed E-state index contributed by atoms with van der Waals surface area (Å²) in [5.74, 6) is -6.10. The van der Waals surface area contributed by atoms with Crippen molar-refractivity contribution in [1.29, 1.82) is 0 Å². The SMILES string of the molecule is COc1ccccc1Sc1c(F)c(F)nc(F)c1F. The Labute approximate surface area is 110 Å². The maximum atomic E-state index is 13.5. The van der Waals surface area contributed by atoms with Gasteiger partial charge in [-0.05, 0) is 12.1 Å². The maximum Gasteiger partial charge on any atom is 0.252 e. The van der Waals surface area contributed by atoms with Crippen molar-refractivity contribution in [3.8, 4) is 5.75 Å². The number of methoxy groups -OCH3 is 1. The number of pyridine rings is 1. The van der Waals surface area contributed by atoms with Crippen molar-refractivity contribution in [3.05, 3.63) is 47.8 Å². The Kier molecular flexibility index (Phi) is 3.94. The first-order valence-electron chi connectivity index (χ1n) is 5.05. The van der Waals surface area contributed by atoms with Crippen molar-refractivity contribution in [2.24, 2.45) is 0 Å². The highest BCUT2D eigenvalue weighted by Gasteiger charge is 2.22. The van der Waals surface area contributed by atoms with Crippen molar-refractivity contribution in [3.63, 3.8) is 0 Å². The van der Waals surface area contributed by atoms with E-state index in [-0.39, 0.29) is 0 Å². The number of ether oxygens (including phenoxy) is 1. The number of benzene rings is 1. The Morgan fingerprint density at radius 1 is 1.00 bits per heavy atom. The van der Waals surface area contributed by atoms with Gasteiger partial charge in [0, 0.05) is 0 Å². The Morgan fingerprint density at radius 3 is 2.16 bits per heavy atom. The molecule has 7 heteroatoms. The maximum absolute atomic E-state index is 13.5. The summed E-state index contributed by atoms with van der Waals surface area (Å²) in [4.78, 5) is 2.02. The lowest BCUT2D eigenvalue weighted by atomic mass is 10.3. The topological polar surface area (TPSA) is 22.1 Å². The van der Waals surface area contributed by atoms with Crippen LogP contribution in [0.3, 0.4) is 0 Å². The summed E-state index contributed by atoms with van der Waals surface area (Å²) >= 11 is 0.525. The summed E-state index contributed by atoms with van der Waals surface area (Å²) in [5.41, 5.74) is 0. The second-order valence-corrected chi connectivity index (χ2v) is 4.46. The number of aromatic nitrogens is 1. The van der Waals surface area contributed by atoms with Crippen molar-refractivity contribution in [2.75, 3.05) is 7.11 Å². The zero-order valence-corrected chi connectivity index (χ0v) is 10.4. The largest absolute Gasteiger partial charge is 0.496 e. The number of para-hydroxylation sites is 1. The monoisotopic (exact) mass is 289 g/mol. The molecular formula is C12H7F4NOS. The summed E-state index contributed by atoms with van der Waals surface area (Å²) in [5, 5.41) is 0. The molecule has 1 aromatic carbocycles. The van der Waals surface area contributed by atoms with Gasteiger partial charge in [-0.2, -0.15) is 13.8 Å².